The third-order valence-electron chi connectivity index (χ3n) is 5.80. The van der Waals surface area contributed by atoms with Gasteiger partial charge in [0.1, 0.15) is 5.69 Å². The van der Waals surface area contributed by atoms with E-state index in [2.05, 4.69) is 22.1 Å². The van der Waals surface area contributed by atoms with Crippen LogP contribution in [0.4, 0.5) is 0 Å². The highest BCUT2D eigenvalue weighted by Gasteiger charge is 2.57. The molecule has 0 spiro atoms. The van der Waals surface area contributed by atoms with Crippen LogP contribution in [0.1, 0.15) is 41.0 Å². The Labute approximate surface area is 147 Å². The largest absolute Gasteiger partial charge is 0.396 e. The number of aliphatic hydroxyl groups is 1. The first-order valence-electron chi connectivity index (χ1n) is 8.89. The van der Waals surface area contributed by atoms with Crippen LogP contribution in [0.15, 0.2) is 42.7 Å². The van der Waals surface area contributed by atoms with Crippen LogP contribution in [0.5, 0.6) is 0 Å². The van der Waals surface area contributed by atoms with Crippen molar-refractivity contribution in [3.63, 3.8) is 0 Å². The summed E-state index contributed by atoms with van der Waals surface area (Å²) in [4.78, 5) is 23.5. The second-order valence-corrected chi connectivity index (χ2v) is 7.39. The van der Waals surface area contributed by atoms with Gasteiger partial charge in [-0.2, -0.15) is 0 Å². The summed E-state index contributed by atoms with van der Waals surface area (Å²) in [5, 5.41) is 10.2. The van der Waals surface area contributed by atoms with Gasteiger partial charge in [-0.25, -0.2) is 4.98 Å². The van der Waals surface area contributed by atoms with Crippen molar-refractivity contribution in [3.05, 3.63) is 59.7 Å². The molecule has 3 heterocycles. The van der Waals surface area contributed by atoms with Crippen LogP contribution in [0, 0.1) is 12.3 Å². The number of aliphatic hydroxyl groups excluding tert-OH is 1. The molecule has 2 aromatic rings. The monoisotopic (exact) mass is 337 g/mol. The Morgan fingerprint density at radius 1 is 1.24 bits per heavy atom. The summed E-state index contributed by atoms with van der Waals surface area (Å²) >= 11 is 0. The highest BCUT2D eigenvalue weighted by atomic mass is 16.3. The first-order valence-corrected chi connectivity index (χ1v) is 8.89. The zero-order valence-corrected chi connectivity index (χ0v) is 14.4. The number of carbonyl (C=O) groups excluding carboxylic acids is 1. The van der Waals surface area contributed by atoms with Crippen molar-refractivity contribution < 1.29 is 9.90 Å². The number of amides is 1. The lowest BCUT2D eigenvalue weighted by Crippen LogP contribution is -2.44. The number of benzene rings is 1. The van der Waals surface area contributed by atoms with Crippen LogP contribution in [0.2, 0.25) is 0 Å². The van der Waals surface area contributed by atoms with Crippen LogP contribution < -0.4 is 0 Å². The van der Waals surface area contributed by atoms with Crippen molar-refractivity contribution >= 4 is 5.91 Å². The van der Waals surface area contributed by atoms with Crippen molar-refractivity contribution in [2.45, 2.75) is 44.7 Å². The van der Waals surface area contributed by atoms with Gasteiger partial charge in [-0.3, -0.25) is 9.78 Å². The van der Waals surface area contributed by atoms with Crippen molar-refractivity contribution in [1.29, 1.82) is 0 Å². The zero-order valence-electron chi connectivity index (χ0n) is 14.4. The molecule has 0 unspecified atom stereocenters. The summed E-state index contributed by atoms with van der Waals surface area (Å²) in [5.41, 5.74) is 2.16. The van der Waals surface area contributed by atoms with Crippen LogP contribution >= 0.6 is 0 Å². The summed E-state index contributed by atoms with van der Waals surface area (Å²) in [6.45, 7) is 1.96. The zero-order chi connectivity index (χ0) is 17.4. The van der Waals surface area contributed by atoms with E-state index in [1.54, 1.807) is 12.4 Å². The van der Waals surface area contributed by atoms with Crippen LogP contribution in [0.3, 0.4) is 0 Å². The van der Waals surface area contributed by atoms with Crippen molar-refractivity contribution in [2.75, 3.05) is 6.61 Å². The standard InChI is InChI=1S/C20H23N3O2/c1-14-11-22-17(12-21-14)19(25)23-16-7-8-18(23)20(10-16,13-24)9-15-5-3-2-4-6-15/h2-6,11-12,16,18,24H,7-10,13H2,1H3/t16-,18+,20-/m0/s1. The van der Waals surface area contributed by atoms with E-state index in [-0.39, 0.29) is 30.0 Å². The Morgan fingerprint density at radius 3 is 2.72 bits per heavy atom. The Kier molecular flexibility index (Phi) is 4.04. The number of aryl methyl sites for hydroxylation is 1. The molecule has 1 N–H and O–H groups in total. The Bertz CT molecular complexity index is 762. The van der Waals surface area contributed by atoms with Crippen molar-refractivity contribution in [3.8, 4) is 0 Å². The van der Waals surface area contributed by atoms with Crippen molar-refractivity contribution in [2.24, 2.45) is 5.41 Å². The van der Waals surface area contributed by atoms with E-state index >= 15 is 0 Å². The quantitative estimate of drug-likeness (QED) is 0.930. The normalized spacial score (nSPS) is 27.7. The van der Waals surface area contributed by atoms with Gasteiger partial charge in [0, 0.05) is 23.7 Å². The van der Waals surface area contributed by atoms with E-state index in [4.69, 9.17) is 0 Å². The number of hydrogen-bond acceptors (Lipinski definition) is 4. The van der Waals surface area contributed by atoms with E-state index in [1.807, 2.05) is 30.0 Å². The van der Waals surface area contributed by atoms with Gasteiger partial charge in [-0.1, -0.05) is 30.3 Å². The number of aromatic nitrogens is 2. The summed E-state index contributed by atoms with van der Waals surface area (Å²) in [6.07, 6.45) is 6.81. The summed E-state index contributed by atoms with van der Waals surface area (Å²) in [6, 6.07) is 10.5. The maximum absolute atomic E-state index is 13.0. The SMILES string of the molecule is Cc1cnc(C(=O)N2[C@H]3CC[C@@H]2[C@@](CO)(Cc2ccccc2)C3)cn1. The van der Waals surface area contributed by atoms with Crippen LogP contribution in [0.25, 0.3) is 0 Å². The molecule has 130 valence electrons. The van der Waals surface area contributed by atoms with E-state index < -0.39 is 0 Å². The second-order valence-electron chi connectivity index (χ2n) is 7.39. The molecule has 1 aromatic heterocycles. The highest BCUT2D eigenvalue weighted by Crippen LogP contribution is 2.51. The Balaban J connectivity index is 1.61. The fourth-order valence-electron chi connectivity index (χ4n) is 4.65. The maximum atomic E-state index is 13.0. The molecule has 3 atom stereocenters. The number of hydrogen-bond donors (Lipinski definition) is 1. The number of rotatable bonds is 4. The molecule has 2 aliphatic rings. The summed E-state index contributed by atoms with van der Waals surface area (Å²) in [7, 11) is 0. The molecule has 5 heteroatoms. The van der Waals surface area contributed by atoms with Gasteiger partial charge < -0.3 is 10.0 Å². The molecule has 2 saturated heterocycles. The van der Waals surface area contributed by atoms with Gasteiger partial charge >= 0.3 is 0 Å². The lowest BCUT2D eigenvalue weighted by molar-refractivity contribution is 0.0566. The van der Waals surface area contributed by atoms with Gasteiger partial charge in [-0.05, 0) is 38.2 Å². The smallest absolute Gasteiger partial charge is 0.274 e. The average molecular weight is 337 g/mol. The molecule has 4 rings (SSSR count). The molecule has 1 amide bonds. The number of fused-ring (bicyclic) bond motifs is 2. The van der Waals surface area contributed by atoms with Crippen LogP contribution in [-0.4, -0.2) is 44.6 Å². The molecule has 25 heavy (non-hydrogen) atoms. The van der Waals surface area contributed by atoms with Crippen molar-refractivity contribution in [1.82, 2.24) is 14.9 Å². The van der Waals surface area contributed by atoms with E-state index in [0.717, 1.165) is 31.4 Å². The molecule has 5 nitrogen and oxygen atoms in total. The third-order valence-corrected chi connectivity index (χ3v) is 5.80. The number of carbonyl (C=O) groups is 1. The Morgan fingerprint density at radius 2 is 2.04 bits per heavy atom. The lowest BCUT2D eigenvalue weighted by atomic mass is 9.70. The van der Waals surface area contributed by atoms with Gasteiger partial charge in [-0.15, -0.1) is 0 Å². The van der Waals surface area contributed by atoms with Gasteiger partial charge in [0.05, 0.1) is 18.5 Å². The molecular weight excluding hydrogens is 314 g/mol. The fraction of sp³-hybridized carbons (Fsp3) is 0.450. The predicted molar refractivity (Wildman–Crippen MR) is 94.0 cm³/mol. The van der Waals surface area contributed by atoms with Gasteiger partial charge in [0.25, 0.3) is 5.91 Å². The minimum atomic E-state index is -0.252. The third kappa shape index (κ3) is 2.72. The first kappa shape index (κ1) is 16.2. The lowest BCUT2D eigenvalue weighted by Gasteiger charge is -2.36. The molecule has 2 aliphatic heterocycles. The Hall–Kier alpha value is -2.27. The average Bonchev–Trinajstić information content (AvgIpc) is 3.18. The highest BCUT2D eigenvalue weighted by molar-refractivity contribution is 5.93. The van der Waals surface area contributed by atoms with Gasteiger partial charge in [0.2, 0.25) is 0 Å². The predicted octanol–water partition coefficient (Wildman–Crippen LogP) is 2.38. The van der Waals surface area contributed by atoms with E-state index in [9.17, 15) is 9.90 Å². The fourth-order valence-corrected chi connectivity index (χ4v) is 4.65. The van der Waals surface area contributed by atoms with E-state index in [1.165, 1.54) is 5.56 Å². The van der Waals surface area contributed by atoms with E-state index in [0.29, 0.717) is 5.69 Å². The molecule has 2 fully saturated rings. The molecule has 2 bridgehead atoms. The molecule has 1 aromatic carbocycles. The second kappa shape index (κ2) is 6.23. The molecular formula is C20H23N3O2. The molecule has 0 radical (unpaired) electrons. The maximum Gasteiger partial charge on any atom is 0.274 e. The minimum absolute atomic E-state index is 0.0524. The number of nitrogens with zero attached hydrogens (tertiary/aromatic N) is 3. The molecule has 0 saturated carbocycles. The first-order chi connectivity index (χ1) is 12.1. The molecule has 0 aliphatic carbocycles. The topological polar surface area (TPSA) is 66.3 Å². The summed E-state index contributed by atoms with van der Waals surface area (Å²) in [5.74, 6) is -0.0524. The summed E-state index contributed by atoms with van der Waals surface area (Å²) < 4.78 is 0. The van der Waals surface area contributed by atoms with Gasteiger partial charge in [0.15, 0.2) is 0 Å². The van der Waals surface area contributed by atoms with Crippen LogP contribution in [-0.2, 0) is 6.42 Å². The minimum Gasteiger partial charge on any atom is -0.396 e.